The van der Waals surface area contributed by atoms with E-state index in [4.69, 9.17) is 0 Å². The lowest BCUT2D eigenvalue weighted by Gasteiger charge is -2.06. The molecule has 0 saturated heterocycles. The SMILES string of the molecule is CC[n+]1c([O-])cc(=O)n2ncsc21. The number of rotatable bonds is 1. The Bertz CT molecular complexity index is 502. The molecule has 0 aliphatic carbocycles. The minimum Gasteiger partial charge on any atom is -0.842 e. The molecule has 0 bridgehead atoms. The molecule has 0 fully saturated rings. The van der Waals surface area contributed by atoms with Gasteiger partial charge in [-0.25, -0.2) is 9.36 Å². The first kappa shape index (κ1) is 8.18. The van der Waals surface area contributed by atoms with Crippen LogP contribution in [0, 0.1) is 0 Å². The summed E-state index contributed by atoms with van der Waals surface area (Å²) in [5.74, 6) is -0.267. The first-order valence-corrected chi connectivity index (χ1v) is 4.68. The van der Waals surface area contributed by atoms with Crippen molar-refractivity contribution in [1.82, 2.24) is 9.61 Å². The van der Waals surface area contributed by atoms with Crippen molar-refractivity contribution in [2.75, 3.05) is 0 Å². The summed E-state index contributed by atoms with van der Waals surface area (Å²) in [7, 11) is 0. The second-order valence-electron chi connectivity index (χ2n) is 2.50. The molecule has 0 atom stereocenters. The van der Waals surface area contributed by atoms with Crippen molar-refractivity contribution in [3.8, 4) is 5.88 Å². The number of fused-ring (bicyclic) bond motifs is 1. The molecule has 6 heteroatoms. The molecule has 0 unspecified atom stereocenters. The van der Waals surface area contributed by atoms with E-state index in [9.17, 15) is 9.90 Å². The molecule has 0 aliphatic heterocycles. The maximum absolute atomic E-state index is 11.3. The molecule has 68 valence electrons. The van der Waals surface area contributed by atoms with E-state index in [-0.39, 0.29) is 11.4 Å². The van der Waals surface area contributed by atoms with Gasteiger partial charge in [0.25, 0.3) is 0 Å². The molecule has 2 rings (SSSR count). The molecule has 0 radical (unpaired) electrons. The van der Waals surface area contributed by atoms with Crippen LogP contribution in [0.2, 0.25) is 0 Å². The summed E-state index contributed by atoms with van der Waals surface area (Å²) in [5.41, 5.74) is 1.17. The Morgan fingerprint density at radius 1 is 1.77 bits per heavy atom. The Balaban J connectivity index is 2.97. The van der Waals surface area contributed by atoms with E-state index >= 15 is 0 Å². The van der Waals surface area contributed by atoms with Gasteiger partial charge in [0, 0.05) is 0 Å². The number of hydrogen-bond acceptors (Lipinski definition) is 4. The molecule has 2 heterocycles. The van der Waals surface area contributed by atoms with Crippen LogP contribution in [0.3, 0.4) is 0 Å². The zero-order valence-electron chi connectivity index (χ0n) is 6.93. The lowest BCUT2D eigenvalue weighted by atomic mass is 10.5. The van der Waals surface area contributed by atoms with Crippen LogP contribution in [0.15, 0.2) is 16.4 Å². The average molecular weight is 197 g/mol. The Morgan fingerprint density at radius 3 is 3.23 bits per heavy atom. The predicted octanol–water partition coefficient (Wildman–Crippen LogP) is -0.863. The van der Waals surface area contributed by atoms with E-state index in [0.717, 1.165) is 6.07 Å². The number of aromatic nitrogens is 3. The highest BCUT2D eigenvalue weighted by atomic mass is 32.1. The van der Waals surface area contributed by atoms with Crippen molar-refractivity contribution in [3.63, 3.8) is 0 Å². The third-order valence-corrected chi connectivity index (χ3v) is 2.57. The van der Waals surface area contributed by atoms with Crippen molar-refractivity contribution in [2.45, 2.75) is 13.5 Å². The monoisotopic (exact) mass is 197 g/mol. The summed E-state index contributed by atoms with van der Waals surface area (Å²) in [6, 6.07) is 1.05. The highest BCUT2D eigenvalue weighted by molar-refractivity contribution is 7.14. The van der Waals surface area contributed by atoms with E-state index in [2.05, 4.69) is 5.10 Å². The van der Waals surface area contributed by atoms with Gasteiger partial charge in [-0.2, -0.15) is 0 Å². The predicted molar refractivity (Wildman–Crippen MR) is 44.7 cm³/mol. The van der Waals surface area contributed by atoms with Crippen LogP contribution in [0.4, 0.5) is 0 Å². The van der Waals surface area contributed by atoms with Crippen LogP contribution in [-0.4, -0.2) is 9.61 Å². The number of aryl methyl sites for hydroxylation is 1. The molecule has 13 heavy (non-hydrogen) atoms. The lowest BCUT2D eigenvalue weighted by molar-refractivity contribution is -0.711. The van der Waals surface area contributed by atoms with Crippen molar-refractivity contribution < 1.29 is 9.67 Å². The van der Waals surface area contributed by atoms with Gasteiger partial charge in [-0.3, -0.25) is 0 Å². The standard InChI is InChI=1S/C7H7N3O2S/c1-2-9-5(11)3-6(12)10-7(9)13-4-8-10/h3-4H,2H2,1H3. The van der Waals surface area contributed by atoms with E-state index < -0.39 is 0 Å². The highest BCUT2D eigenvalue weighted by Crippen LogP contribution is 2.03. The third kappa shape index (κ3) is 1.10. The van der Waals surface area contributed by atoms with Gasteiger partial charge in [-0.1, -0.05) is 5.10 Å². The van der Waals surface area contributed by atoms with Crippen molar-refractivity contribution in [2.24, 2.45) is 0 Å². The summed E-state index contributed by atoms with van der Waals surface area (Å²) in [6.07, 6.45) is 0. The molecule has 0 spiro atoms. The van der Waals surface area contributed by atoms with Gasteiger partial charge in [0.1, 0.15) is 5.51 Å². The summed E-state index contributed by atoms with van der Waals surface area (Å²) in [5, 5.41) is 15.1. The summed E-state index contributed by atoms with van der Waals surface area (Å²) < 4.78 is 2.74. The second kappa shape index (κ2) is 2.81. The van der Waals surface area contributed by atoms with Crippen molar-refractivity contribution >= 4 is 16.3 Å². The van der Waals surface area contributed by atoms with Crippen LogP contribution in [0.25, 0.3) is 4.96 Å². The average Bonchev–Trinajstić information content (AvgIpc) is 2.53. The second-order valence-corrected chi connectivity index (χ2v) is 3.31. The fourth-order valence-corrected chi connectivity index (χ4v) is 2.00. The molecular weight excluding hydrogens is 190 g/mol. The summed E-state index contributed by atoms with van der Waals surface area (Å²) in [4.78, 5) is 11.8. The van der Waals surface area contributed by atoms with Gasteiger partial charge >= 0.3 is 10.5 Å². The molecule has 2 aromatic heterocycles. The van der Waals surface area contributed by atoms with Crippen molar-refractivity contribution in [1.29, 1.82) is 0 Å². The minimum absolute atomic E-state index is 0.267. The molecular formula is C7H7N3O2S. The molecule has 0 saturated carbocycles. The van der Waals surface area contributed by atoms with Gasteiger partial charge in [0.2, 0.25) is 0 Å². The highest BCUT2D eigenvalue weighted by Gasteiger charge is 2.12. The van der Waals surface area contributed by atoms with Crippen LogP contribution >= 0.6 is 11.3 Å². The van der Waals surface area contributed by atoms with Crippen LogP contribution < -0.4 is 15.2 Å². The first-order chi connectivity index (χ1) is 6.24. The van der Waals surface area contributed by atoms with Crippen LogP contribution in [-0.2, 0) is 6.54 Å². The molecule has 0 amide bonds. The molecule has 5 nitrogen and oxygen atoms in total. The normalized spacial score (nSPS) is 10.8. The molecule has 0 aliphatic rings. The van der Waals surface area contributed by atoms with E-state index in [1.54, 1.807) is 5.51 Å². The zero-order chi connectivity index (χ0) is 9.42. The topological polar surface area (TPSA) is 61.3 Å². The van der Waals surface area contributed by atoms with E-state index in [1.807, 2.05) is 6.92 Å². The lowest BCUT2D eigenvalue weighted by Crippen LogP contribution is -2.41. The maximum atomic E-state index is 11.3. The number of nitrogens with zero attached hydrogens (tertiary/aromatic N) is 3. The van der Waals surface area contributed by atoms with Gasteiger partial charge in [-0.05, 0) is 22.8 Å². The van der Waals surface area contributed by atoms with Crippen LogP contribution in [0.5, 0.6) is 5.88 Å². The maximum Gasteiger partial charge on any atom is 0.370 e. The molecule has 0 aromatic carbocycles. The summed E-state index contributed by atoms with van der Waals surface area (Å²) in [6.45, 7) is 2.40. The third-order valence-electron chi connectivity index (χ3n) is 1.77. The van der Waals surface area contributed by atoms with Gasteiger partial charge in [0.05, 0.1) is 18.5 Å². The molecule has 0 N–H and O–H groups in total. The molecule has 2 aromatic rings. The Morgan fingerprint density at radius 2 is 2.54 bits per heavy atom. The van der Waals surface area contributed by atoms with Gasteiger partial charge < -0.3 is 5.11 Å². The van der Waals surface area contributed by atoms with Crippen molar-refractivity contribution in [3.05, 3.63) is 21.9 Å². The Labute approximate surface area is 77.5 Å². The van der Waals surface area contributed by atoms with Crippen LogP contribution in [0.1, 0.15) is 6.92 Å². The largest absolute Gasteiger partial charge is 0.842 e. The van der Waals surface area contributed by atoms with Gasteiger partial charge in [0.15, 0.2) is 0 Å². The fourth-order valence-electron chi connectivity index (χ4n) is 1.18. The smallest absolute Gasteiger partial charge is 0.370 e. The Hall–Kier alpha value is -1.43. The zero-order valence-corrected chi connectivity index (χ0v) is 7.74. The minimum atomic E-state index is -0.369. The van der Waals surface area contributed by atoms with Gasteiger partial charge in [-0.15, -0.1) is 0 Å². The first-order valence-electron chi connectivity index (χ1n) is 3.80. The Kier molecular flexibility index (Phi) is 1.77. The summed E-state index contributed by atoms with van der Waals surface area (Å²) >= 11 is 1.28. The fraction of sp³-hybridized carbons (Fsp3) is 0.286. The van der Waals surface area contributed by atoms with E-state index in [0.29, 0.717) is 11.5 Å². The quantitative estimate of drug-likeness (QED) is 0.559. The van der Waals surface area contributed by atoms with E-state index in [1.165, 1.54) is 20.4 Å². The number of hydrogen-bond donors (Lipinski definition) is 0.